The van der Waals surface area contributed by atoms with Crippen LogP contribution in [0.2, 0.25) is 0 Å². The number of rotatable bonds is 2. The summed E-state index contributed by atoms with van der Waals surface area (Å²) in [5, 5.41) is 3.25. The van der Waals surface area contributed by atoms with E-state index in [1.54, 1.807) is 6.07 Å². The first-order valence-electron chi connectivity index (χ1n) is 8.17. The number of amides is 1. The Morgan fingerprint density at radius 2 is 1.91 bits per heavy atom. The van der Waals surface area contributed by atoms with Crippen molar-refractivity contribution in [2.75, 3.05) is 26.3 Å². The van der Waals surface area contributed by atoms with E-state index in [-0.39, 0.29) is 11.9 Å². The Hall–Kier alpha value is -1.75. The van der Waals surface area contributed by atoms with E-state index in [4.69, 9.17) is 9.47 Å². The SMILES string of the molecule is C[C@@H]1[C@H](NC(=O)c2ccc3c(c2)OCCO3)C2CCN1CC2. The number of hydrogen-bond acceptors (Lipinski definition) is 4. The van der Waals surface area contributed by atoms with Crippen LogP contribution in [0.25, 0.3) is 0 Å². The minimum absolute atomic E-state index is 0.0115. The zero-order chi connectivity index (χ0) is 15.1. The van der Waals surface area contributed by atoms with Crippen molar-refractivity contribution >= 4 is 5.91 Å². The van der Waals surface area contributed by atoms with Crippen LogP contribution in [-0.4, -0.2) is 49.2 Å². The first-order chi connectivity index (χ1) is 10.7. The molecule has 1 N–H and O–H groups in total. The normalized spacial score (nSPS) is 32.6. The zero-order valence-electron chi connectivity index (χ0n) is 12.9. The molecule has 5 nitrogen and oxygen atoms in total. The molecular weight excluding hydrogens is 280 g/mol. The molecule has 3 saturated heterocycles. The Labute approximate surface area is 130 Å². The molecule has 1 aromatic rings. The first-order valence-corrected chi connectivity index (χ1v) is 8.17. The molecule has 0 aromatic heterocycles. The van der Waals surface area contributed by atoms with Gasteiger partial charge in [-0.3, -0.25) is 9.69 Å². The van der Waals surface area contributed by atoms with Gasteiger partial charge in [0.2, 0.25) is 0 Å². The van der Waals surface area contributed by atoms with Crippen LogP contribution < -0.4 is 14.8 Å². The lowest BCUT2D eigenvalue weighted by molar-refractivity contribution is 0.0217. The Morgan fingerprint density at radius 3 is 2.64 bits per heavy atom. The summed E-state index contributed by atoms with van der Waals surface area (Å²) in [5.41, 5.74) is 0.646. The highest BCUT2D eigenvalue weighted by Crippen LogP contribution is 2.33. The summed E-state index contributed by atoms with van der Waals surface area (Å²) < 4.78 is 11.1. The van der Waals surface area contributed by atoms with Gasteiger partial charge in [0.15, 0.2) is 11.5 Å². The molecule has 1 aromatic carbocycles. The zero-order valence-corrected chi connectivity index (χ0v) is 12.9. The number of benzene rings is 1. The third-order valence-electron chi connectivity index (χ3n) is 5.28. The molecule has 2 bridgehead atoms. The average Bonchev–Trinajstić information content (AvgIpc) is 2.58. The fourth-order valence-electron chi connectivity index (χ4n) is 3.96. The minimum Gasteiger partial charge on any atom is -0.486 e. The third-order valence-corrected chi connectivity index (χ3v) is 5.28. The van der Waals surface area contributed by atoms with Gasteiger partial charge in [-0.1, -0.05) is 0 Å². The van der Waals surface area contributed by atoms with Crippen molar-refractivity contribution in [1.29, 1.82) is 0 Å². The second kappa shape index (κ2) is 5.47. The van der Waals surface area contributed by atoms with E-state index >= 15 is 0 Å². The molecule has 3 fully saturated rings. The van der Waals surface area contributed by atoms with Gasteiger partial charge < -0.3 is 14.8 Å². The molecule has 5 heteroatoms. The number of ether oxygens (including phenoxy) is 2. The Balaban J connectivity index is 1.50. The van der Waals surface area contributed by atoms with E-state index < -0.39 is 0 Å². The van der Waals surface area contributed by atoms with E-state index in [1.807, 2.05) is 12.1 Å². The molecule has 4 aliphatic rings. The smallest absolute Gasteiger partial charge is 0.251 e. The molecule has 0 radical (unpaired) electrons. The minimum atomic E-state index is -0.0115. The van der Waals surface area contributed by atoms with Crippen molar-refractivity contribution in [3.8, 4) is 11.5 Å². The number of fused-ring (bicyclic) bond motifs is 4. The second-order valence-electron chi connectivity index (χ2n) is 6.47. The number of nitrogens with one attached hydrogen (secondary N) is 1. The van der Waals surface area contributed by atoms with E-state index in [0.717, 1.165) is 5.75 Å². The molecule has 4 aliphatic heterocycles. The van der Waals surface area contributed by atoms with Crippen molar-refractivity contribution < 1.29 is 14.3 Å². The van der Waals surface area contributed by atoms with Crippen LogP contribution in [0.1, 0.15) is 30.1 Å². The summed E-state index contributed by atoms with van der Waals surface area (Å²) in [5.74, 6) is 1.99. The van der Waals surface area contributed by atoms with Crippen molar-refractivity contribution in [1.82, 2.24) is 10.2 Å². The van der Waals surface area contributed by atoms with E-state index in [0.29, 0.717) is 36.5 Å². The van der Waals surface area contributed by atoms with Crippen molar-refractivity contribution in [2.45, 2.75) is 31.8 Å². The van der Waals surface area contributed by atoms with Crippen LogP contribution in [0.5, 0.6) is 11.5 Å². The van der Waals surface area contributed by atoms with Crippen LogP contribution in [0, 0.1) is 5.92 Å². The quantitative estimate of drug-likeness (QED) is 0.903. The number of piperidine rings is 3. The molecule has 0 aliphatic carbocycles. The molecule has 1 amide bonds. The predicted octanol–water partition coefficient (Wildman–Crippen LogP) is 1.67. The maximum Gasteiger partial charge on any atom is 0.251 e. The van der Waals surface area contributed by atoms with Gasteiger partial charge >= 0.3 is 0 Å². The van der Waals surface area contributed by atoms with Crippen molar-refractivity contribution in [3.63, 3.8) is 0 Å². The third kappa shape index (κ3) is 2.33. The van der Waals surface area contributed by atoms with Gasteiger partial charge in [-0.15, -0.1) is 0 Å². The monoisotopic (exact) mass is 302 g/mol. The Morgan fingerprint density at radius 1 is 1.18 bits per heavy atom. The van der Waals surface area contributed by atoms with Gasteiger partial charge in [-0.25, -0.2) is 0 Å². The van der Waals surface area contributed by atoms with Gasteiger partial charge in [0.1, 0.15) is 13.2 Å². The van der Waals surface area contributed by atoms with Crippen LogP contribution in [-0.2, 0) is 0 Å². The van der Waals surface area contributed by atoms with Crippen LogP contribution in [0.15, 0.2) is 18.2 Å². The van der Waals surface area contributed by atoms with Gasteiger partial charge in [0, 0.05) is 17.6 Å². The van der Waals surface area contributed by atoms with Gasteiger partial charge in [-0.05, 0) is 57.0 Å². The lowest BCUT2D eigenvalue weighted by Crippen LogP contribution is -2.62. The molecule has 0 unspecified atom stereocenters. The lowest BCUT2D eigenvalue weighted by Gasteiger charge is -2.49. The van der Waals surface area contributed by atoms with E-state index in [2.05, 4.69) is 17.1 Å². The second-order valence-corrected chi connectivity index (χ2v) is 6.47. The molecule has 118 valence electrons. The molecule has 2 atom stereocenters. The molecule has 5 rings (SSSR count). The Bertz CT molecular complexity index is 579. The van der Waals surface area contributed by atoms with Gasteiger partial charge in [-0.2, -0.15) is 0 Å². The van der Waals surface area contributed by atoms with E-state index in [1.165, 1.54) is 25.9 Å². The number of nitrogens with zero attached hydrogens (tertiary/aromatic N) is 1. The van der Waals surface area contributed by atoms with Crippen LogP contribution >= 0.6 is 0 Å². The Kier molecular flexibility index (Phi) is 3.45. The largest absolute Gasteiger partial charge is 0.486 e. The molecular formula is C17H22N2O3. The fourth-order valence-corrected chi connectivity index (χ4v) is 3.96. The van der Waals surface area contributed by atoms with E-state index in [9.17, 15) is 4.79 Å². The predicted molar refractivity (Wildman–Crippen MR) is 82.4 cm³/mol. The maximum absolute atomic E-state index is 12.6. The molecule has 0 spiro atoms. The van der Waals surface area contributed by atoms with Gasteiger partial charge in [0.05, 0.1) is 0 Å². The molecule has 0 saturated carbocycles. The number of carbonyl (C=O) groups excluding carboxylic acids is 1. The summed E-state index contributed by atoms with van der Waals surface area (Å²) in [6.07, 6.45) is 2.38. The maximum atomic E-state index is 12.6. The number of hydrogen-bond donors (Lipinski definition) is 1. The average molecular weight is 302 g/mol. The molecule has 4 heterocycles. The lowest BCUT2D eigenvalue weighted by atomic mass is 9.79. The summed E-state index contributed by atoms with van der Waals surface area (Å²) >= 11 is 0. The summed E-state index contributed by atoms with van der Waals surface area (Å²) in [6, 6.07) is 6.10. The van der Waals surface area contributed by atoms with Crippen LogP contribution in [0.4, 0.5) is 0 Å². The summed E-state index contributed by atoms with van der Waals surface area (Å²) in [4.78, 5) is 15.1. The standard InChI is InChI=1S/C17H22N2O3/c1-11-16(12-4-6-19(11)7-5-12)18-17(20)13-2-3-14-15(10-13)22-9-8-21-14/h2-3,10-12,16H,4-9H2,1H3,(H,18,20)/t11-,16+/m1/s1. The topological polar surface area (TPSA) is 50.8 Å². The summed E-state index contributed by atoms with van der Waals surface area (Å²) in [7, 11) is 0. The van der Waals surface area contributed by atoms with Crippen molar-refractivity contribution in [3.05, 3.63) is 23.8 Å². The fraction of sp³-hybridized carbons (Fsp3) is 0.588. The molecule has 22 heavy (non-hydrogen) atoms. The highest BCUT2D eigenvalue weighted by Gasteiger charge is 2.40. The number of carbonyl (C=O) groups is 1. The van der Waals surface area contributed by atoms with Crippen molar-refractivity contribution in [2.24, 2.45) is 5.92 Å². The highest BCUT2D eigenvalue weighted by atomic mass is 16.6. The highest BCUT2D eigenvalue weighted by molar-refractivity contribution is 5.95. The van der Waals surface area contributed by atoms with Crippen LogP contribution in [0.3, 0.4) is 0 Å². The first kappa shape index (κ1) is 13.9. The summed E-state index contributed by atoms with van der Waals surface area (Å²) in [6.45, 7) is 5.66. The van der Waals surface area contributed by atoms with Gasteiger partial charge in [0.25, 0.3) is 5.91 Å².